The van der Waals surface area contributed by atoms with E-state index in [9.17, 15) is 19.8 Å². The highest BCUT2D eigenvalue weighted by atomic mass is 35.5. The summed E-state index contributed by atoms with van der Waals surface area (Å²) in [5.41, 5.74) is -3.91. The van der Waals surface area contributed by atoms with E-state index in [-0.39, 0.29) is 0 Å². The second kappa shape index (κ2) is 3.69. The monoisotopic (exact) mass is 288 g/mol. The van der Waals surface area contributed by atoms with Gasteiger partial charge in [-0.05, 0) is 6.42 Å². The van der Waals surface area contributed by atoms with Crippen molar-refractivity contribution in [1.29, 1.82) is 0 Å². The fraction of sp³-hybridized carbons (Fsp3) is 0.636. The van der Waals surface area contributed by atoms with Crippen LogP contribution in [0.2, 0.25) is 0 Å². The molecule has 2 aliphatic rings. The molecule has 2 heterocycles. The molecule has 8 heteroatoms. The van der Waals surface area contributed by atoms with Gasteiger partial charge in [0, 0.05) is 12.3 Å². The third-order valence-corrected chi connectivity index (χ3v) is 4.65. The summed E-state index contributed by atoms with van der Waals surface area (Å²) in [4.78, 5) is 24.8. The number of aromatic amines is 1. The molecule has 1 aliphatic heterocycles. The maximum atomic E-state index is 11.7. The first-order chi connectivity index (χ1) is 8.88. The van der Waals surface area contributed by atoms with Crippen molar-refractivity contribution in [2.45, 2.75) is 42.3 Å². The minimum absolute atomic E-state index is 0.364. The maximum absolute atomic E-state index is 11.7. The molecule has 1 aromatic rings. The Morgan fingerprint density at radius 3 is 2.79 bits per heavy atom. The molecule has 1 saturated carbocycles. The lowest BCUT2D eigenvalue weighted by molar-refractivity contribution is -0.0681. The number of hydrogen-bond acceptors (Lipinski definition) is 5. The molecule has 0 spiro atoms. The Balaban J connectivity index is 2.02. The molecule has 1 saturated heterocycles. The van der Waals surface area contributed by atoms with Gasteiger partial charge in [-0.2, -0.15) is 0 Å². The van der Waals surface area contributed by atoms with Crippen LogP contribution < -0.4 is 11.2 Å². The molecule has 1 aliphatic carbocycles. The van der Waals surface area contributed by atoms with Crippen LogP contribution in [0.1, 0.15) is 19.6 Å². The number of hydrogen-bond donors (Lipinski definition) is 3. The zero-order chi connectivity index (χ0) is 14.0. The number of aromatic nitrogens is 2. The lowest BCUT2D eigenvalue weighted by Gasteiger charge is -2.22. The second-order valence-corrected chi connectivity index (χ2v) is 5.37. The second-order valence-electron chi connectivity index (χ2n) is 4.90. The zero-order valence-corrected chi connectivity index (χ0v) is 10.8. The molecule has 0 bridgehead atoms. The summed E-state index contributed by atoms with van der Waals surface area (Å²) in [7, 11) is 0. The summed E-state index contributed by atoms with van der Waals surface area (Å²) in [6.45, 7) is 1.75. The van der Waals surface area contributed by atoms with E-state index in [1.807, 2.05) is 0 Å². The van der Waals surface area contributed by atoms with Crippen molar-refractivity contribution in [2.24, 2.45) is 0 Å². The molecule has 2 fully saturated rings. The molecule has 5 atom stereocenters. The molecule has 0 aromatic carbocycles. The molecule has 19 heavy (non-hydrogen) atoms. The quantitative estimate of drug-likeness (QED) is 0.601. The number of aliphatic hydroxyl groups is 2. The van der Waals surface area contributed by atoms with Gasteiger partial charge in [0.25, 0.3) is 5.56 Å². The van der Waals surface area contributed by atoms with Crippen molar-refractivity contribution >= 4 is 11.6 Å². The Bertz CT molecular complexity index is 638. The Kier molecular flexibility index (Phi) is 2.50. The molecule has 1 aromatic heterocycles. The number of halogens is 1. The van der Waals surface area contributed by atoms with Crippen LogP contribution in [0.15, 0.2) is 21.9 Å². The van der Waals surface area contributed by atoms with Gasteiger partial charge in [-0.3, -0.25) is 14.3 Å². The number of rotatable bonds is 2. The third kappa shape index (κ3) is 1.33. The predicted octanol–water partition coefficient (Wildman–Crippen LogP) is -1.07. The molecule has 0 radical (unpaired) electrons. The van der Waals surface area contributed by atoms with E-state index in [1.165, 1.54) is 6.20 Å². The van der Waals surface area contributed by atoms with E-state index >= 15 is 0 Å². The minimum atomic E-state index is -1.57. The fourth-order valence-electron chi connectivity index (χ4n) is 2.92. The van der Waals surface area contributed by atoms with E-state index in [0.717, 1.165) is 10.6 Å². The summed E-state index contributed by atoms with van der Waals surface area (Å²) < 4.78 is 6.72. The largest absolute Gasteiger partial charge is 0.387 e. The first kappa shape index (κ1) is 12.9. The molecular weight excluding hydrogens is 276 g/mol. The number of nitrogens with one attached hydrogen (secondary N) is 1. The first-order valence-electron chi connectivity index (χ1n) is 5.92. The Labute approximate surface area is 112 Å². The number of nitrogens with zero attached hydrogens (tertiary/aromatic N) is 1. The van der Waals surface area contributed by atoms with E-state index in [4.69, 9.17) is 16.3 Å². The fourth-order valence-corrected chi connectivity index (χ4v) is 3.39. The molecule has 0 amide bonds. The van der Waals surface area contributed by atoms with Gasteiger partial charge in [0.1, 0.15) is 22.7 Å². The van der Waals surface area contributed by atoms with Crippen LogP contribution in [0.4, 0.5) is 0 Å². The number of ether oxygens (including phenoxy) is 1. The van der Waals surface area contributed by atoms with E-state index in [2.05, 4.69) is 4.98 Å². The Morgan fingerprint density at radius 1 is 1.58 bits per heavy atom. The van der Waals surface area contributed by atoms with Crippen molar-refractivity contribution in [3.05, 3.63) is 33.1 Å². The smallest absolute Gasteiger partial charge is 0.330 e. The number of H-pyrrole nitrogens is 1. The van der Waals surface area contributed by atoms with Gasteiger partial charge in [-0.1, -0.05) is 6.92 Å². The Hall–Kier alpha value is -1.15. The topological polar surface area (TPSA) is 105 Å². The van der Waals surface area contributed by atoms with Gasteiger partial charge >= 0.3 is 5.69 Å². The van der Waals surface area contributed by atoms with Crippen LogP contribution in [-0.2, 0) is 4.74 Å². The van der Waals surface area contributed by atoms with Gasteiger partial charge in [0.2, 0.25) is 0 Å². The molecule has 7 nitrogen and oxygen atoms in total. The average Bonchev–Trinajstić information content (AvgIpc) is 2.73. The minimum Gasteiger partial charge on any atom is -0.387 e. The van der Waals surface area contributed by atoms with Crippen molar-refractivity contribution in [3.63, 3.8) is 0 Å². The van der Waals surface area contributed by atoms with Crippen LogP contribution in [0.5, 0.6) is 0 Å². The normalized spacial score (nSPS) is 44.1. The van der Waals surface area contributed by atoms with Gasteiger partial charge < -0.3 is 14.9 Å². The summed E-state index contributed by atoms with van der Waals surface area (Å²) in [5, 5.41) is 19.2. The van der Waals surface area contributed by atoms with Crippen LogP contribution in [-0.4, -0.2) is 42.4 Å². The maximum Gasteiger partial charge on any atom is 0.330 e. The lowest BCUT2D eigenvalue weighted by Crippen LogP contribution is -2.39. The number of fused-ring (bicyclic) bond motifs is 1. The van der Waals surface area contributed by atoms with Gasteiger partial charge in [0.15, 0.2) is 6.23 Å². The van der Waals surface area contributed by atoms with E-state index in [1.54, 1.807) is 6.92 Å². The number of aliphatic hydroxyl groups excluding tert-OH is 1. The number of alkyl halides is 1. The van der Waals surface area contributed by atoms with Crippen molar-refractivity contribution in [1.82, 2.24) is 9.55 Å². The molecular formula is C11H13ClN2O5. The van der Waals surface area contributed by atoms with Crippen molar-refractivity contribution in [2.75, 3.05) is 0 Å². The molecule has 3 rings (SSSR count). The summed E-state index contributed by atoms with van der Waals surface area (Å²) in [6.07, 6.45) is -0.380. The highest BCUT2D eigenvalue weighted by Gasteiger charge is 2.86. The Morgan fingerprint density at radius 2 is 2.26 bits per heavy atom. The molecule has 2 unspecified atom stereocenters. The summed E-state index contributed by atoms with van der Waals surface area (Å²) in [6, 6.07) is 1.16. The van der Waals surface area contributed by atoms with Crippen molar-refractivity contribution < 1.29 is 14.9 Å². The standard InChI is InChI=1S/C11H13ClN2O5/c1-2-10-8(16)11(10,18)6(12)7(19-10)14-4-3-5(15)13-9(14)17/h3-4,6-8,16,18H,2H2,1H3,(H,13,15,17)/t6-,7?,8?,10+,11+/m0/s1. The summed E-state index contributed by atoms with van der Waals surface area (Å²) >= 11 is 6.13. The molecule has 104 valence electrons. The summed E-state index contributed by atoms with van der Waals surface area (Å²) in [5.74, 6) is 0. The van der Waals surface area contributed by atoms with Gasteiger partial charge in [-0.15, -0.1) is 11.6 Å². The average molecular weight is 289 g/mol. The first-order valence-corrected chi connectivity index (χ1v) is 6.36. The SMILES string of the molecule is CC[C@]12OC(n3ccc(=O)[nH]c3=O)[C@H](Cl)[C@@]1(O)C2O. The van der Waals surface area contributed by atoms with E-state index < -0.39 is 40.2 Å². The highest BCUT2D eigenvalue weighted by Crippen LogP contribution is 2.65. The van der Waals surface area contributed by atoms with Gasteiger partial charge in [-0.25, -0.2) is 4.79 Å². The highest BCUT2D eigenvalue weighted by molar-refractivity contribution is 6.22. The predicted molar refractivity (Wildman–Crippen MR) is 65.1 cm³/mol. The van der Waals surface area contributed by atoms with E-state index in [0.29, 0.717) is 6.42 Å². The van der Waals surface area contributed by atoms with Crippen LogP contribution in [0, 0.1) is 0 Å². The van der Waals surface area contributed by atoms with Crippen LogP contribution in [0.3, 0.4) is 0 Å². The van der Waals surface area contributed by atoms with Crippen LogP contribution in [0.25, 0.3) is 0 Å². The van der Waals surface area contributed by atoms with Gasteiger partial charge in [0.05, 0.1) is 0 Å². The van der Waals surface area contributed by atoms with Crippen LogP contribution >= 0.6 is 11.6 Å². The van der Waals surface area contributed by atoms with Crippen molar-refractivity contribution in [3.8, 4) is 0 Å². The molecule has 3 N–H and O–H groups in total. The lowest BCUT2D eigenvalue weighted by atomic mass is 10.1. The zero-order valence-electron chi connectivity index (χ0n) is 10.0. The third-order valence-electron chi connectivity index (χ3n) is 4.11.